The number of hydrogen-bond acceptors (Lipinski definition) is 2. The highest BCUT2D eigenvalue weighted by molar-refractivity contribution is 5.18. The molecule has 2 N–H and O–H groups in total. The third kappa shape index (κ3) is 3.08. The van der Waals surface area contributed by atoms with E-state index in [1.165, 1.54) is 37.7 Å². The Kier molecular flexibility index (Phi) is 4.57. The Balaban J connectivity index is 2.07. The van der Waals surface area contributed by atoms with E-state index in [0.29, 0.717) is 12.1 Å². The van der Waals surface area contributed by atoms with Crippen LogP contribution in [0.2, 0.25) is 0 Å². The number of hydrogen-bond donors (Lipinski definition) is 1. The highest BCUT2D eigenvalue weighted by Gasteiger charge is 2.24. The van der Waals surface area contributed by atoms with Crippen LogP contribution in [-0.4, -0.2) is 11.1 Å². The van der Waals surface area contributed by atoms with E-state index in [4.69, 9.17) is 5.84 Å². The fourth-order valence-corrected chi connectivity index (χ4v) is 2.93. The Labute approximate surface area is 105 Å². The molecule has 17 heavy (non-hydrogen) atoms. The predicted molar refractivity (Wildman–Crippen MR) is 72.4 cm³/mol. The van der Waals surface area contributed by atoms with Crippen molar-refractivity contribution in [2.45, 2.75) is 57.5 Å². The first-order valence-corrected chi connectivity index (χ1v) is 6.91. The van der Waals surface area contributed by atoms with Gasteiger partial charge < -0.3 is 0 Å². The number of nitrogens with zero attached hydrogens (tertiary/aromatic N) is 1. The van der Waals surface area contributed by atoms with Crippen LogP contribution in [0.15, 0.2) is 30.3 Å². The van der Waals surface area contributed by atoms with Crippen LogP contribution in [0.5, 0.6) is 0 Å². The van der Waals surface area contributed by atoms with E-state index in [1.807, 2.05) is 0 Å². The van der Waals surface area contributed by atoms with E-state index in [0.717, 1.165) is 6.42 Å². The van der Waals surface area contributed by atoms with E-state index in [-0.39, 0.29) is 0 Å². The van der Waals surface area contributed by atoms with Crippen molar-refractivity contribution in [2.75, 3.05) is 0 Å². The van der Waals surface area contributed by atoms with Crippen molar-refractivity contribution in [3.8, 4) is 0 Å². The predicted octanol–water partition coefficient (Wildman–Crippen LogP) is 3.65. The fraction of sp³-hybridized carbons (Fsp3) is 0.600. The lowest BCUT2D eigenvalue weighted by molar-refractivity contribution is 0.101. The van der Waals surface area contributed by atoms with Crippen LogP contribution in [0.4, 0.5) is 0 Å². The minimum atomic E-state index is 0.374. The zero-order valence-electron chi connectivity index (χ0n) is 10.8. The maximum absolute atomic E-state index is 6.37. The molecule has 1 unspecified atom stereocenters. The molecule has 2 nitrogen and oxygen atoms in total. The average Bonchev–Trinajstić information content (AvgIpc) is 2.42. The van der Waals surface area contributed by atoms with Crippen LogP contribution in [0.25, 0.3) is 0 Å². The van der Waals surface area contributed by atoms with Crippen LogP contribution in [-0.2, 0) is 0 Å². The molecule has 0 aromatic heterocycles. The van der Waals surface area contributed by atoms with E-state index < -0.39 is 0 Å². The van der Waals surface area contributed by atoms with Gasteiger partial charge in [0.2, 0.25) is 0 Å². The molecule has 1 saturated carbocycles. The molecular formula is C15H24N2. The molecule has 2 rings (SSSR count). The standard InChI is InChI=1S/C15H24N2/c1-2-15(13-9-5-3-6-10-13)17(16)14-11-7-4-8-12-14/h3,5-6,9-10,14-15H,2,4,7-8,11-12,16H2,1H3. The minimum absolute atomic E-state index is 0.374. The number of benzene rings is 1. The van der Waals surface area contributed by atoms with Gasteiger partial charge in [-0.2, -0.15) is 0 Å². The first-order chi connectivity index (χ1) is 8.33. The zero-order chi connectivity index (χ0) is 12.1. The molecule has 1 aliphatic rings. The van der Waals surface area contributed by atoms with Gasteiger partial charge in [-0.05, 0) is 24.8 Å². The highest BCUT2D eigenvalue weighted by Crippen LogP contribution is 2.29. The quantitative estimate of drug-likeness (QED) is 0.634. The molecule has 94 valence electrons. The summed E-state index contributed by atoms with van der Waals surface area (Å²) in [5, 5.41) is 2.12. The molecule has 2 heteroatoms. The molecule has 0 bridgehead atoms. The number of nitrogens with two attached hydrogens (primary N) is 1. The second-order valence-corrected chi connectivity index (χ2v) is 5.07. The molecule has 1 aliphatic carbocycles. The first kappa shape index (κ1) is 12.6. The summed E-state index contributed by atoms with van der Waals surface area (Å²) >= 11 is 0. The molecule has 0 heterocycles. The maximum atomic E-state index is 6.37. The third-order valence-electron chi connectivity index (χ3n) is 3.93. The maximum Gasteiger partial charge on any atom is 0.0491 e. The SMILES string of the molecule is CCC(c1ccccc1)N(N)C1CCCCC1. The molecule has 1 aromatic carbocycles. The van der Waals surface area contributed by atoms with Crippen molar-refractivity contribution >= 4 is 0 Å². The van der Waals surface area contributed by atoms with E-state index in [1.54, 1.807) is 0 Å². The van der Waals surface area contributed by atoms with E-state index in [2.05, 4.69) is 42.3 Å². The summed E-state index contributed by atoms with van der Waals surface area (Å²) in [5.41, 5.74) is 1.35. The van der Waals surface area contributed by atoms with Crippen molar-refractivity contribution < 1.29 is 0 Å². The number of hydrazine groups is 1. The molecule has 1 atom stereocenters. The van der Waals surface area contributed by atoms with Crippen molar-refractivity contribution in [1.29, 1.82) is 0 Å². The largest absolute Gasteiger partial charge is 0.268 e. The van der Waals surface area contributed by atoms with Gasteiger partial charge in [0.1, 0.15) is 0 Å². The monoisotopic (exact) mass is 232 g/mol. The van der Waals surface area contributed by atoms with Crippen molar-refractivity contribution in [3.05, 3.63) is 35.9 Å². The van der Waals surface area contributed by atoms with Crippen LogP contribution >= 0.6 is 0 Å². The second kappa shape index (κ2) is 6.18. The Morgan fingerprint density at radius 1 is 1.18 bits per heavy atom. The van der Waals surface area contributed by atoms with E-state index >= 15 is 0 Å². The normalized spacial score (nSPS) is 19.5. The lowest BCUT2D eigenvalue weighted by atomic mass is 9.92. The van der Waals surface area contributed by atoms with Gasteiger partial charge in [-0.25, -0.2) is 5.01 Å². The summed E-state index contributed by atoms with van der Waals surface area (Å²) in [6.45, 7) is 2.22. The lowest BCUT2D eigenvalue weighted by Gasteiger charge is -2.36. The zero-order valence-corrected chi connectivity index (χ0v) is 10.8. The van der Waals surface area contributed by atoms with Crippen LogP contribution in [0.1, 0.15) is 57.1 Å². The summed E-state index contributed by atoms with van der Waals surface area (Å²) in [7, 11) is 0. The van der Waals surface area contributed by atoms with Crippen molar-refractivity contribution in [2.24, 2.45) is 5.84 Å². The van der Waals surface area contributed by atoms with Gasteiger partial charge in [0.05, 0.1) is 0 Å². The molecule has 1 fully saturated rings. The molecule has 0 spiro atoms. The third-order valence-corrected chi connectivity index (χ3v) is 3.93. The van der Waals surface area contributed by atoms with Gasteiger partial charge in [0, 0.05) is 12.1 Å². The molecule has 0 radical (unpaired) electrons. The fourth-order valence-electron chi connectivity index (χ4n) is 2.93. The Bertz CT molecular complexity index is 317. The van der Waals surface area contributed by atoms with Crippen LogP contribution < -0.4 is 5.84 Å². The molecule has 0 amide bonds. The summed E-state index contributed by atoms with van der Waals surface area (Å²) in [4.78, 5) is 0. The Hall–Kier alpha value is -0.860. The lowest BCUT2D eigenvalue weighted by Crippen LogP contribution is -2.44. The molecular weight excluding hydrogens is 208 g/mol. The summed E-state index contributed by atoms with van der Waals surface area (Å²) < 4.78 is 0. The summed E-state index contributed by atoms with van der Waals surface area (Å²) in [6.07, 6.45) is 7.66. The topological polar surface area (TPSA) is 29.3 Å². The van der Waals surface area contributed by atoms with Crippen LogP contribution in [0.3, 0.4) is 0 Å². The minimum Gasteiger partial charge on any atom is -0.268 e. The molecule has 1 aromatic rings. The van der Waals surface area contributed by atoms with Gasteiger partial charge in [0.15, 0.2) is 0 Å². The number of rotatable bonds is 4. The van der Waals surface area contributed by atoms with Gasteiger partial charge in [-0.15, -0.1) is 0 Å². The highest BCUT2D eigenvalue weighted by atomic mass is 15.4. The van der Waals surface area contributed by atoms with Crippen molar-refractivity contribution in [1.82, 2.24) is 5.01 Å². The van der Waals surface area contributed by atoms with Gasteiger partial charge in [-0.1, -0.05) is 56.5 Å². The first-order valence-electron chi connectivity index (χ1n) is 6.91. The van der Waals surface area contributed by atoms with Crippen molar-refractivity contribution in [3.63, 3.8) is 0 Å². The summed E-state index contributed by atoms with van der Waals surface area (Å²) in [6, 6.07) is 11.6. The molecule has 0 saturated heterocycles. The Morgan fingerprint density at radius 3 is 2.41 bits per heavy atom. The molecule has 0 aliphatic heterocycles. The van der Waals surface area contributed by atoms with E-state index in [9.17, 15) is 0 Å². The smallest absolute Gasteiger partial charge is 0.0491 e. The average molecular weight is 232 g/mol. The second-order valence-electron chi connectivity index (χ2n) is 5.07. The van der Waals surface area contributed by atoms with Crippen LogP contribution in [0, 0.1) is 0 Å². The van der Waals surface area contributed by atoms with Gasteiger partial charge in [0.25, 0.3) is 0 Å². The van der Waals surface area contributed by atoms with Gasteiger partial charge in [-0.3, -0.25) is 5.84 Å². The van der Waals surface area contributed by atoms with Gasteiger partial charge >= 0.3 is 0 Å². The summed E-state index contributed by atoms with van der Waals surface area (Å²) in [5.74, 6) is 6.37. The Morgan fingerprint density at radius 2 is 1.82 bits per heavy atom.